The predicted molar refractivity (Wildman–Crippen MR) is 83.6 cm³/mol. The summed E-state index contributed by atoms with van der Waals surface area (Å²) in [6, 6.07) is 13.9. The topological polar surface area (TPSA) is 34.1 Å². The van der Waals surface area contributed by atoms with Crippen LogP contribution in [0.15, 0.2) is 42.5 Å². The highest BCUT2D eigenvalue weighted by Crippen LogP contribution is 2.29. The third-order valence-electron chi connectivity index (χ3n) is 3.72. The Bertz CT molecular complexity index is 561. The highest BCUT2D eigenvalue weighted by molar-refractivity contribution is 5.38. The Kier molecular flexibility index (Phi) is 4.28. The molecule has 2 rings (SSSR count). The second-order valence-electron chi connectivity index (χ2n) is 5.47. The van der Waals surface area contributed by atoms with Crippen LogP contribution in [0, 0.1) is 0 Å². The fourth-order valence-corrected chi connectivity index (χ4v) is 1.91. The lowest BCUT2D eigenvalue weighted by atomic mass is 9.82. The summed E-state index contributed by atoms with van der Waals surface area (Å²) in [6.07, 6.45) is 1.11. The Morgan fingerprint density at radius 2 is 1.80 bits per heavy atom. The zero-order valence-corrected chi connectivity index (χ0v) is 12.6. The Morgan fingerprint density at radius 3 is 2.40 bits per heavy atom. The van der Waals surface area contributed by atoms with Crippen molar-refractivity contribution < 1.29 is 4.74 Å². The summed E-state index contributed by atoms with van der Waals surface area (Å²) in [6.45, 7) is 6.71. The molecule has 20 heavy (non-hydrogen) atoms. The van der Waals surface area contributed by atoms with E-state index in [4.69, 9.17) is 4.74 Å². The molecule has 1 heterocycles. The molecular formula is C17H22N2O. The van der Waals surface area contributed by atoms with Gasteiger partial charge in [-0.3, -0.25) is 0 Å². The molecule has 1 aromatic carbocycles. The lowest BCUT2D eigenvalue weighted by molar-refractivity contribution is 0.461. The van der Waals surface area contributed by atoms with E-state index >= 15 is 0 Å². The number of nitrogens with zero attached hydrogens (tertiary/aromatic N) is 1. The summed E-state index contributed by atoms with van der Waals surface area (Å²) in [7, 11) is 1.84. The molecule has 0 fully saturated rings. The van der Waals surface area contributed by atoms with Crippen molar-refractivity contribution in [2.24, 2.45) is 0 Å². The van der Waals surface area contributed by atoms with Gasteiger partial charge in [0.05, 0.1) is 0 Å². The van der Waals surface area contributed by atoms with Gasteiger partial charge in [-0.25, -0.2) is 0 Å². The molecule has 0 saturated heterocycles. The third-order valence-corrected chi connectivity index (χ3v) is 3.72. The minimum atomic E-state index is 0.197. The molecule has 1 N–H and O–H groups in total. The van der Waals surface area contributed by atoms with Gasteiger partial charge in [0, 0.05) is 13.1 Å². The Hall–Kier alpha value is -2.03. The third kappa shape index (κ3) is 3.29. The monoisotopic (exact) mass is 270 g/mol. The first-order valence-corrected chi connectivity index (χ1v) is 6.98. The number of aromatic nitrogens is 1. The van der Waals surface area contributed by atoms with Crippen LogP contribution in [-0.2, 0) is 5.41 Å². The van der Waals surface area contributed by atoms with Crippen molar-refractivity contribution in [3.63, 3.8) is 0 Å². The van der Waals surface area contributed by atoms with E-state index in [9.17, 15) is 0 Å². The number of hydrogen-bond acceptors (Lipinski definition) is 3. The van der Waals surface area contributed by atoms with E-state index in [1.165, 1.54) is 5.56 Å². The fourth-order valence-electron chi connectivity index (χ4n) is 1.91. The van der Waals surface area contributed by atoms with Gasteiger partial charge in [0.1, 0.15) is 11.6 Å². The largest absolute Gasteiger partial charge is 0.439 e. The van der Waals surface area contributed by atoms with E-state index in [-0.39, 0.29) is 5.41 Å². The zero-order valence-electron chi connectivity index (χ0n) is 12.6. The summed E-state index contributed by atoms with van der Waals surface area (Å²) in [4.78, 5) is 4.34. The van der Waals surface area contributed by atoms with Crippen LogP contribution >= 0.6 is 0 Å². The van der Waals surface area contributed by atoms with Gasteiger partial charge < -0.3 is 10.1 Å². The van der Waals surface area contributed by atoms with Crippen LogP contribution in [0.25, 0.3) is 0 Å². The summed E-state index contributed by atoms with van der Waals surface area (Å²) >= 11 is 0. The zero-order chi connectivity index (χ0) is 14.6. The first kappa shape index (κ1) is 14.4. The molecule has 0 saturated carbocycles. The normalized spacial score (nSPS) is 11.2. The van der Waals surface area contributed by atoms with E-state index in [1.54, 1.807) is 0 Å². The maximum Gasteiger partial charge on any atom is 0.221 e. The average molecular weight is 270 g/mol. The molecule has 0 aliphatic carbocycles. The lowest BCUT2D eigenvalue weighted by Gasteiger charge is -2.23. The van der Waals surface area contributed by atoms with E-state index < -0.39 is 0 Å². The number of pyridine rings is 1. The first-order chi connectivity index (χ1) is 9.55. The summed E-state index contributed by atoms with van der Waals surface area (Å²) < 4.78 is 5.77. The summed E-state index contributed by atoms with van der Waals surface area (Å²) in [5, 5.41) is 3.00. The highest BCUT2D eigenvalue weighted by Gasteiger charge is 2.17. The van der Waals surface area contributed by atoms with Crippen LogP contribution in [0.5, 0.6) is 11.6 Å². The van der Waals surface area contributed by atoms with Crippen molar-refractivity contribution in [3.8, 4) is 11.6 Å². The molecule has 0 atom stereocenters. The molecule has 2 aromatic rings. The van der Waals surface area contributed by atoms with E-state index in [2.05, 4.69) is 43.2 Å². The van der Waals surface area contributed by atoms with Crippen molar-refractivity contribution in [1.82, 2.24) is 4.98 Å². The summed E-state index contributed by atoms with van der Waals surface area (Å²) in [5.41, 5.74) is 1.52. The SMILES string of the molecule is CCC(C)(C)c1ccc(Oc2cccc(NC)n2)cc1. The lowest BCUT2D eigenvalue weighted by Crippen LogP contribution is -2.14. The number of ether oxygens (including phenoxy) is 1. The van der Waals surface area contributed by atoms with E-state index in [1.807, 2.05) is 37.4 Å². The van der Waals surface area contributed by atoms with Gasteiger partial charge in [0.2, 0.25) is 5.88 Å². The molecular weight excluding hydrogens is 248 g/mol. The van der Waals surface area contributed by atoms with Crippen molar-refractivity contribution in [2.75, 3.05) is 12.4 Å². The Morgan fingerprint density at radius 1 is 1.10 bits per heavy atom. The molecule has 3 heteroatoms. The minimum Gasteiger partial charge on any atom is -0.439 e. The Balaban J connectivity index is 2.14. The molecule has 106 valence electrons. The molecule has 0 amide bonds. The molecule has 0 unspecified atom stereocenters. The van der Waals surface area contributed by atoms with Crippen LogP contribution < -0.4 is 10.1 Å². The second-order valence-corrected chi connectivity index (χ2v) is 5.47. The van der Waals surface area contributed by atoms with Gasteiger partial charge in [0.15, 0.2) is 0 Å². The van der Waals surface area contributed by atoms with Gasteiger partial charge in [0.25, 0.3) is 0 Å². The average Bonchev–Trinajstić information content (AvgIpc) is 2.48. The Labute approximate surface area is 121 Å². The highest BCUT2D eigenvalue weighted by atomic mass is 16.5. The smallest absolute Gasteiger partial charge is 0.221 e. The predicted octanol–water partition coefficient (Wildman–Crippen LogP) is 4.60. The molecule has 0 radical (unpaired) electrons. The molecule has 0 bridgehead atoms. The van der Waals surface area contributed by atoms with Crippen LogP contribution in [0.4, 0.5) is 5.82 Å². The second kappa shape index (κ2) is 5.95. The number of hydrogen-bond donors (Lipinski definition) is 1. The first-order valence-electron chi connectivity index (χ1n) is 6.98. The summed E-state index contributed by atoms with van der Waals surface area (Å²) in [5.74, 6) is 2.20. The van der Waals surface area contributed by atoms with Gasteiger partial charge >= 0.3 is 0 Å². The van der Waals surface area contributed by atoms with Crippen LogP contribution in [0.2, 0.25) is 0 Å². The van der Waals surface area contributed by atoms with Gasteiger partial charge in [-0.2, -0.15) is 4.98 Å². The van der Waals surface area contributed by atoms with Crippen LogP contribution in [0.3, 0.4) is 0 Å². The number of rotatable bonds is 5. The molecule has 0 aliphatic rings. The molecule has 3 nitrogen and oxygen atoms in total. The van der Waals surface area contributed by atoms with E-state index in [0.29, 0.717) is 5.88 Å². The van der Waals surface area contributed by atoms with Crippen molar-refractivity contribution in [1.29, 1.82) is 0 Å². The molecule has 0 aliphatic heterocycles. The maximum atomic E-state index is 5.77. The van der Waals surface area contributed by atoms with E-state index in [0.717, 1.165) is 18.0 Å². The van der Waals surface area contributed by atoms with Gasteiger partial charge in [-0.15, -0.1) is 0 Å². The van der Waals surface area contributed by atoms with Crippen molar-refractivity contribution in [3.05, 3.63) is 48.0 Å². The fraction of sp³-hybridized carbons (Fsp3) is 0.353. The van der Waals surface area contributed by atoms with Crippen molar-refractivity contribution in [2.45, 2.75) is 32.6 Å². The number of anilines is 1. The van der Waals surface area contributed by atoms with Gasteiger partial charge in [-0.05, 0) is 35.6 Å². The standard InChI is InChI=1S/C17H22N2O/c1-5-17(2,3)13-9-11-14(12-10-13)20-16-8-6-7-15(18-4)19-16/h6-12H,5H2,1-4H3,(H,18,19). The van der Waals surface area contributed by atoms with Crippen LogP contribution in [-0.4, -0.2) is 12.0 Å². The van der Waals surface area contributed by atoms with Crippen molar-refractivity contribution >= 4 is 5.82 Å². The molecule has 0 spiro atoms. The van der Waals surface area contributed by atoms with Gasteiger partial charge in [-0.1, -0.05) is 39.0 Å². The quantitative estimate of drug-likeness (QED) is 0.862. The maximum absolute atomic E-state index is 5.77. The molecule has 1 aromatic heterocycles. The minimum absolute atomic E-state index is 0.197. The number of nitrogens with one attached hydrogen (secondary N) is 1. The van der Waals surface area contributed by atoms with Crippen LogP contribution in [0.1, 0.15) is 32.8 Å². The number of benzene rings is 1.